The van der Waals surface area contributed by atoms with Crippen molar-refractivity contribution in [2.24, 2.45) is 0 Å². The molecule has 1 saturated heterocycles. The van der Waals surface area contributed by atoms with Crippen LogP contribution >= 0.6 is 27.3 Å². The summed E-state index contributed by atoms with van der Waals surface area (Å²) in [5, 5.41) is 5.42. The first kappa shape index (κ1) is 15.5. The van der Waals surface area contributed by atoms with E-state index in [4.69, 9.17) is 5.73 Å². The molecule has 0 amide bonds. The molecule has 2 aromatic rings. The third-order valence-corrected chi connectivity index (χ3v) is 4.99. The molecule has 2 aromatic heterocycles. The van der Waals surface area contributed by atoms with Gasteiger partial charge in [0, 0.05) is 41.4 Å². The summed E-state index contributed by atoms with van der Waals surface area (Å²) >= 11 is 4.79. The van der Waals surface area contributed by atoms with Crippen molar-refractivity contribution in [2.45, 2.75) is 6.42 Å². The lowest BCUT2D eigenvalue weighted by Gasteiger charge is -2.20. The Hall–Kier alpha value is -1.44. The summed E-state index contributed by atoms with van der Waals surface area (Å²) in [7, 11) is 0. The van der Waals surface area contributed by atoms with E-state index < -0.39 is 0 Å². The van der Waals surface area contributed by atoms with Crippen LogP contribution in [0.4, 0.5) is 11.5 Å². The average Bonchev–Trinajstić information content (AvgIpc) is 2.85. The van der Waals surface area contributed by atoms with E-state index in [1.165, 1.54) is 11.3 Å². The molecule has 0 bridgehead atoms. The van der Waals surface area contributed by atoms with Crippen molar-refractivity contribution in [3.63, 3.8) is 0 Å². The molecule has 3 N–H and O–H groups in total. The highest BCUT2D eigenvalue weighted by Crippen LogP contribution is 2.27. The summed E-state index contributed by atoms with van der Waals surface area (Å²) in [6.45, 7) is 4.00. The third-order valence-electron chi connectivity index (χ3n) is 3.64. The van der Waals surface area contributed by atoms with Gasteiger partial charge in [-0.1, -0.05) is 0 Å². The van der Waals surface area contributed by atoms with E-state index in [-0.39, 0.29) is 11.6 Å². The number of nitrogens with two attached hydrogens (primary N) is 1. The van der Waals surface area contributed by atoms with E-state index in [0.29, 0.717) is 10.4 Å². The Kier molecular flexibility index (Phi) is 4.75. The summed E-state index contributed by atoms with van der Waals surface area (Å²) in [4.78, 5) is 19.7. The lowest BCUT2D eigenvalue weighted by atomic mass is 10.1. The molecule has 0 aliphatic carbocycles. The first-order valence-electron chi connectivity index (χ1n) is 7.15. The number of nitrogens with zero attached hydrogens (tertiary/aromatic N) is 2. The minimum atomic E-state index is -0.0736. The van der Waals surface area contributed by atoms with Crippen molar-refractivity contribution in [2.75, 3.05) is 36.8 Å². The fourth-order valence-corrected chi connectivity index (χ4v) is 3.68. The van der Waals surface area contributed by atoms with Gasteiger partial charge in [0.05, 0.1) is 10.4 Å². The van der Waals surface area contributed by atoms with Gasteiger partial charge in [-0.05, 0) is 41.0 Å². The van der Waals surface area contributed by atoms with Crippen molar-refractivity contribution >= 4 is 44.6 Å². The Labute approximate surface area is 141 Å². The van der Waals surface area contributed by atoms with Crippen LogP contribution in [0.25, 0.3) is 0 Å². The number of aromatic nitrogens is 1. The first-order valence-corrected chi connectivity index (χ1v) is 8.82. The highest BCUT2D eigenvalue weighted by Gasteiger charge is 2.18. The van der Waals surface area contributed by atoms with Gasteiger partial charge in [-0.2, -0.15) is 0 Å². The molecule has 0 unspecified atom stereocenters. The van der Waals surface area contributed by atoms with E-state index in [0.717, 1.165) is 42.8 Å². The van der Waals surface area contributed by atoms with E-state index in [1.54, 1.807) is 12.3 Å². The maximum Gasteiger partial charge on any atom is 0.206 e. The average molecular weight is 381 g/mol. The first-order chi connectivity index (χ1) is 10.6. The molecule has 7 heteroatoms. The number of nitrogen functional groups attached to an aromatic ring is 1. The Morgan fingerprint density at radius 2 is 2.23 bits per heavy atom. The lowest BCUT2D eigenvalue weighted by molar-refractivity contribution is 0.104. The molecule has 1 aliphatic heterocycles. The van der Waals surface area contributed by atoms with Crippen molar-refractivity contribution in [1.29, 1.82) is 0 Å². The van der Waals surface area contributed by atoms with E-state index in [1.807, 2.05) is 11.4 Å². The second kappa shape index (κ2) is 6.76. The molecule has 116 valence electrons. The van der Waals surface area contributed by atoms with E-state index in [2.05, 4.69) is 31.1 Å². The van der Waals surface area contributed by atoms with Crippen molar-refractivity contribution in [1.82, 2.24) is 10.3 Å². The van der Waals surface area contributed by atoms with Crippen molar-refractivity contribution in [3.8, 4) is 0 Å². The number of nitrogens with one attached hydrogen (secondary N) is 1. The topological polar surface area (TPSA) is 71.2 Å². The predicted octanol–water partition coefficient (Wildman–Crippen LogP) is 2.52. The second-order valence-electron chi connectivity index (χ2n) is 5.18. The summed E-state index contributed by atoms with van der Waals surface area (Å²) < 4.78 is 0.750. The van der Waals surface area contributed by atoms with Gasteiger partial charge in [-0.3, -0.25) is 4.79 Å². The quantitative estimate of drug-likeness (QED) is 0.800. The summed E-state index contributed by atoms with van der Waals surface area (Å²) in [5.41, 5.74) is 7.39. The van der Waals surface area contributed by atoms with Gasteiger partial charge in [-0.15, -0.1) is 11.3 Å². The smallest absolute Gasteiger partial charge is 0.206 e. The number of hydrogen-bond donors (Lipinski definition) is 2. The second-order valence-corrected chi connectivity index (χ2v) is 7.00. The Morgan fingerprint density at radius 1 is 1.36 bits per heavy atom. The standard InChI is InChI=1S/C15H17BrN4OS/c16-10-6-12(15(17)19-8-10)14(21)13-7-11(9-22-13)20-4-1-2-18-3-5-20/h6-9,18H,1-5H2,(H2,17,19). The maximum atomic E-state index is 12.6. The molecular formula is C15H17BrN4OS. The molecule has 0 radical (unpaired) electrons. The predicted molar refractivity (Wildman–Crippen MR) is 93.8 cm³/mol. The van der Waals surface area contributed by atoms with Crippen molar-refractivity contribution < 1.29 is 4.79 Å². The number of anilines is 2. The molecule has 3 rings (SSSR count). The zero-order chi connectivity index (χ0) is 15.5. The van der Waals surface area contributed by atoms with Crippen LogP contribution < -0.4 is 16.0 Å². The van der Waals surface area contributed by atoms with E-state index in [9.17, 15) is 4.79 Å². The summed E-state index contributed by atoms with van der Waals surface area (Å²) in [6, 6.07) is 3.68. The number of hydrogen-bond acceptors (Lipinski definition) is 6. The van der Waals surface area contributed by atoms with Crippen LogP contribution in [0.2, 0.25) is 0 Å². The van der Waals surface area contributed by atoms with Crippen LogP contribution in [0.15, 0.2) is 28.2 Å². The van der Waals surface area contributed by atoms with Crippen LogP contribution in [0.1, 0.15) is 21.7 Å². The molecule has 22 heavy (non-hydrogen) atoms. The molecular weight excluding hydrogens is 364 g/mol. The minimum absolute atomic E-state index is 0.0736. The Bertz CT molecular complexity index is 680. The fourth-order valence-electron chi connectivity index (χ4n) is 2.48. The van der Waals surface area contributed by atoms with Gasteiger partial charge in [-0.25, -0.2) is 4.98 Å². The molecule has 1 fully saturated rings. The molecule has 0 saturated carbocycles. The monoisotopic (exact) mass is 380 g/mol. The van der Waals surface area contributed by atoms with Gasteiger partial charge in [0.25, 0.3) is 0 Å². The molecule has 0 aromatic carbocycles. The summed E-state index contributed by atoms with van der Waals surface area (Å²) in [6.07, 6.45) is 2.71. The molecule has 1 aliphatic rings. The normalized spacial score (nSPS) is 15.6. The van der Waals surface area contributed by atoms with Crippen LogP contribution in [0, 0.1) is 0 Å². The molecule has 3 heterocycles. The Morgan fingerprint density at radius 3 is 3.09 bits per heavy atom. The van der Waals surface area contributed by atoms with Gasteiger partial charge in [0.1, 0.15) is 5.82 Å². The van der Waals surface area contributed by atoms with E-state index >= 15 is 0 Å². The molecule has 5 nitrogen and oxygen atoms in total. The van der Waals surface area contributed by atoms with Gasteiger partial charge in [0.15, 0.2) is 0 Å². The molecule has 0 atom stereocenters. The number of ketones is 1. The van der Waals surface area contributed by atoms with Crippen molar-refractivity contribution in [3.05, 3.63) is 38.6 Å². The fraction of sp³-hybridized carbons (Fsp3) is 0.333. The Balaban J connectivity index is 1.83. The highest BCUT2D eigenvalue weighted by atomic mass is 79.9. The molecule has 0 spiro atoms. The number of rotatable bonds is 3. The number of carbonyl (C=O) groups is 1. The third kappa shape index (κ3) is 3.31. The maximum absolute atomic E-state index is 12.6. The SMILES string of the molecule is Nc1ncc(Br)cc1C(=O)c1cc(N2CCCNCC2)cs1. The van der Waals surface area contributed by atoms with Crippen LogP contribution in [-0.4, -0.2) is 36.9 Å². The highest BCUT2D eigenvalue weighted by molar-refractivity contribution is 9.10. The number of carbonyl (C=O) groups excluding carboxylic acids is 1. The number of halogens is 1. The number of thiophene rings is 1. The van der Waals surface area contributed by atoms with Crippen LogP contribution in [0.3, 0.4) is 0 Å². The van der Waals surface area contributed by atoms with Crippen LogP contribution in [-0.2, 0) is 0 Å². The van der Waals surface area contributed by atoms with Gasteiger partial charge in [0.2, 0.25) is 5.78 Å². The van der Waals surface area contributed by atoms with Gasteiger partial charge < -0.3 is 16.0 Å². The minimum Gasteiger partial charge on any atom is -0.383 e. The van der Waals surface area contributed by atoms with Crippen LogP contribution in [0.5, 0.6) is 0 Å². The summed E-state index contributed by atoms with van der Waals surface area (Å²) in [5.74, 6) is 0.192. The lowest BCUT2D eigenvalue weighted by Crippen LogP contribution is -2.27. The zero-order valence-electron chi connectivity index (χ0n) is 12.0. The zero-order valence-corrected chi connectivity index (χ0v) is 14.4. The largest absolute Gasteiger partial charge is 0.383 e. The van der Waals surface area contributed by atoms with Gasteiger partial charge >= 0.3 is 0 Å². The number of pyridine rings is 1.